The van der Waals surface area contributed by atoms with E-state index in [2.05, 4.69) is 5.32 Å². The summed E-state index contributed by atoms with van der Waals surface area (Å²) in [5.74, 6) is -0.347. The molecule has 0 heterocycles. The molecule has 5 nitrogen and oxygen atoms in total. The van der Waals surface area contributed by atoms with Crippen LogP contribution < -0.4 is 9.62 Å². The van der Waals surface area contributed by atoms with Gasteiger partial charge in [0.15, 0.2) is 0 Å². The Morgan fingerprint density at radius 1 is 1.04 bits per heavy atom. The number of benzene rings is 2. The molecule has 1 amide bonds. The van der Waals surface area contributed by atoms with E-state index in [0.29, 0.717) is 17.8 Å². The van der Waals surface area contributed by atoms with Crippen molar-refractivity contribution in [2.75, 3.05) is 15.9 Å². The van der Waals surface area contributed by atoms with E-state index >= 15 is 0 Å². The van der Waals surface area contributed by atoms with Crippen LogP contribution in [-0.2, 0) is 14.8 Å². The predicted molar refractivity (Wildman–Crippen MR) is 107 cm³/mol. The summed E-state index contributed by atoms with van der Waals surface area (Å²) in [6.45, 7) is 7.65. The van der Waals surface area contributed by atoms with E-state index in [1.54, 1.807) is 31.2 Å². The molecular formula is C20H26N2O3S. The fourth-order valence-electron chi connectivity index (χ4n) is 2.79. The Balaban J connectivity index is 2.39. The standard InChI is InChI=1S/C20H26N2O3S/c1-6-19(20(23)21-17-10-7-14(2)8-11-17)22(26(5,24)25)18-12-9-15(3)16(4)13-18/h7-13,19H,6H2,1-5H3,(H,21,23)/t19-/m0/s1. The molecule has 0 aromatic heterocycles. The van der Waals surface area contributed by atoms with Gasteiger partial charge >= 0.3 is 0 Å². The summed E-state index contributed by atoms with van der Waals surface area (Å²) in [7, 11) is -3.63. The maximum atomic E-state index is 12.8. The molecule has 0 saturated carbocycles. The van der Waals surface area contributed by atoms with Crippen LogP contribution in [-0.4, -0.2) is 26.6 Å². The first-order chi connectivity index (χ1) is 12.1. The Bertz CT molecular complexity index is 890. The van der Waals surface area contributed by atoms with Crippen molar-refractivity contribution in [3.05, 3.63) is 59.2 Å². The molecule has 2 aromatic carbocycles. The molecule has 0 fully saturated rings. The zero-order chi connectivity index (χ0) is 19.5. The highest BCUT2D eigenvalue weighted by Gasteiger charge is 2.31. The van der Waals surface area contributed by atoms with Crippen LogP contribution in [0.15, 0.2) is 42.5 Å². The Kier molecular flexibility index (Phi) is 6.08. The van der Waals surface area contributed by atoms with Gasteiger partial charge in [-0.3, -0.25) is 9.10 Å². The van der Waals surface area contributed by atoms with Crippen LogP contribution in [0.3, 0.4) is 0 Å². The largest absolute Gasteiger partial charge is 0.324 e. The Morgan fingerprint density at radius 2 is 1.65 bits per heavy atom. The van der Waals surface area contributed by atoms with Crippen LogP contribution >= 0.6 is 0 Å². The summed E-state index contributed by atoms with van der Waals surface area (Å²) < 4.78 is 26.2. The highest BCUT2D eigenvalue weighted by molar-refractivity contribution is 7.92. The maximum absolute atomic E-state index is 12.8. The van der Waals surface area contributed by atoms with Crippen molar-refractivity contribution in [1.29, 1.82) is 0 Å². The number of anilines is 2. The summed E-state index contributed by atoms with van der Waals surface area (Å²) >= 11 is 0. The Morgan fingerprint density at radius 3 is 2.15 bits per heavy atom. The van der Waals surface area contributed by atoms with E-state index in [1.807, 2.05) is 39.0 Å². The van der Waals surface area contributed by atoms with Crippen LogP contribution in [0.25, 0.3) is 0 Å². The molecule has 1 N–H and O–H groups in total. The molecule has 140 valence electrons. The molecule has 2 aromatic rings. The van der Waals surface area contributed by atoms with Gasteiger partial charge in [0.05, 0.1) is 11.9 Å². The number of aryl methyl sites for hydroxylation is 3. The molecule has 6 heteroatoms. The zero-order valence-corrected chi connectivity index (χ0v) is 16.7. The third-order valence-corrected chi connectivity index (χ3v) is 5.57. The second kappa shape index (κ2) is 7.91. The van der Waals surface area contributed by atoms with Crippen molar-refractivity contribution in [2.45, 2.75) is 40.2 Å². The van der Waals surface area contributed by atoms with Gasteiger partial charge in [0.2, 0.25) is 15.9 Å². The Labute approximate surface area is 156 Å². The third-order valence-electron chi connectivity index (χ3n) is 4.39. The van der Waals surface area contributed by atoms with Gasteiger partial charge in [-0.2, -0.15) is 0 Å². The predicted octanol–water partition coefficient (Wildman–Crippen LogP) is 3.80. The van der Waals surface area contributed by atoms with E-state index in [4.69, 9.17) is 0 Å². The average Bonchev–Trinajstić information content (AvgIpc) is 2.56. The number of hydrogen-bond acceptors (Lipinski definition) is 3. The number of carbonyl (C=O) groups is 1. The van der Waals surface area contributed by atoms with Gasteiger partial charge in [-0.05, 0) is 62.6 Å². The van der Waals surface area contributed by atoms with Gasteiger partial charge in [-0.15, -0.1) is 0 Å². The molecule has 0 unspecified atom stereocenters. The lowest BCUT2D eigenvalue weighted by molar-refractivity contribution is -0.117. The van der Waals surface area contributed by atoms with E-state index in [1.165, 1.54) is 4.31 Å². The smallest absolute Gasteiger partial charge is 0.248 e. The number of sulfonamides is 1. The number of nitrogens with one attached hydrogen (secondary N) is 1. The second-order valence-corrected chi connectivity index (χ2v) is 8.47. The number of carbonyl (C=O) groups excluding carboxylic acids is 1. The SMILES string of the molecule is CC[C@@H](C(=O)Nc1ccc(C)cc1)N(c1ccc(C)c(C)c1)S(C)(=O)=O. The summed E-state index contributed by atoms with van der Waals surface area (Å²) in [4.78, 5) is 12.8. The van der Waals surface area contributed by atoms with Crippen molar-refractivity contribution >= 4 is 27.3 Å². The topological polar surface area (TPSA) is 66.5 Å². The number of nitrogens with zero attached hydrogens (tertiary/aromatic N) is 1. The van der Waals surface area contributed by atoms with Gasteiger partial charge in [0, 0.05) is 5.69 Å². The molecule has 0 radical (unpaired) electrons. The highest BCUT2D eigenvalue weighted by Crippen LogP contribution is 2.25. The fraction of sp³-hybridized carbons (Fsp3) is 0.350. The van der Waals surface area contributed by atoms with Gasteiger partial charge in [-0.1, -0.05) is 30.7 Å². The van der Waals surface area contributed by atoms with Crippen LogP contribution in [0.2, 0.25) is 0 Å². The number of rotatable bonds is 6. The molecule has 0 aliphatic heterocycles. The van der Waals surface area contributed by atoms with E-state index in [9.17, 15) is 13.2 Å². The van der Waals surface area contributed by atoms with E-state index < -0.39 is 16.1 Å². The van der Waals surface area contributed by atoms with Crippen LogP contribution in [0.5, 0.6) is 0 Å². The first kappa shape index (κ1) is 20.0. The summed E-state index contributed by atoms with van der Waals surface area (Å²) in [5, 5.41) is 2.82. The van der Waals surface area contributed by atoms with Crippen LogP contribution in [0.1, 0.15) is 30.0 Å². The molecular weight excluding hydrogens is 348 g/mol. The van der Waals surface area contributed by atoms with E-state index in [0.717, 1.165) is 22.9 Å². The summed E-state index contributed by atoms with van der Waals surface area (Å²) in [6, 6.07) is 12.0. The summed E-state index contributed by atoms with van der Waals surface area (Å²) in [5.41, 5.74) is 4.28. The summed E-state index contributed by atoms with van der Waals surface area (Å²) in [6.07, 6.45) is 1.49. The highest BCUT2D eigenvalue weighted by atomic mass is 32.2. The van der Waals surface area contributed by atoms with Gasteiger partial charge in [0.1, 0.15) is 6.04 Å². The maximum Gasteiger partial charge on any atom is 0.248 e. The van der Waals surface area contributed by atoms with Crippen molar-refractivity contribution in [2.24, 2.45) is 0 Å². The minimum Gasteiger partial charge on any atom is -0.324 e. The number of hydrogen-bond donors (Lipinski definition) is 1. The van der Waals surface area contributed by atoms with Gasteiger partial charge in [0.25, 0.3) is 0 Å². The van der Waals surface area contributed by atoms with Crippen molar-refractivity contribution in [1.82, 2.24) is 0 Å². The zero-order valence-electron chi connectivity index (χ0n) is 15.9. The van der Waals surface area contributed by atoms with Crippen molar-refractivity contribution in [3.63, 3.8) is 0 Å². The first-order valence-electron chi connectivity index (χ1n) is 8.57. The monoisotopic (exact) mass is 374 g/mol. The van der Waals surface area contributed by atoms with Crippen LogP contribution in [0, 0.1) is 20.8 Å². The molecule has 0 aliphatic carbocycles. The van der Waals surface area contributed by atoms with E-state index in [-0.39, 0.29) is 5.91 Å². The van der Waals surface area contributed by atoms with Crippen molar-refractivity contribution in [3.8, 4) is 0 Å². The first-order valence-corrected chi connectivity index (χ1v) is 10.4. The molecule has 0 aliphatic rings. The minimum atomic E-state index is -3.63. The lowest BCUT2D eigenvalue weighted by atomic mass is 10.1. The quantitative estimate of drug-likeness (QED) is 0.836. The normalized spacial score (nSPS) is 12.5. The Hall–Kier alpha value is -2.34. The fourth-order valence-corrected chi connectivity index (χ4v) is 3.99. The second-order valence-electron chi connectivity index (χ2n) is 6.61. The average molecular weight is 375 g/mol. The number of amides is 1. The minimum absolute atomic E-state index is 0.347. The third kappa shape index (κ3) is 4.64. The van der Waals surface area contributed by atoms with Gasteiger partial charge in [-0.25, -0.2) is 8.42 Å². The molecule has 26 heavy (non-hydrogen) atoms. The van der Waals surface area contributed by atoms with Crippen LogP contribution in [0.4, 0.5) is 11.4 Å². The van der Waals surface area contributed by atoms with Crippen molar-refractivity contribution < 1.29 is 13.2 Å². The lowest BCUT2D eigenvalue weighted by Gasteiger charge is -2.30. The molecule has 2 rings (SSSR count). The molecule has 1 atom stereocenters. The van der Waals surface area contributed by atoms with Gasteiger partial charge < -0.3 is 5.32 Å². The molecule has 0 spiro atoms. The molecule has 0 bridgehead atoms. The molecule has 0 saturated heterocycles. The lowest BCUT2D eigenvalue weighted by Crippen LogP contribution is -2.47.